The topological polar surface area (TPSA) is 49.4 Å². The fourth-order valence-electron chi connectivity index (χ4n) is 4.30. The molecule has 38 heavy (non-hydrogen) atoms. The molecule has 202 valence electrons. The molecule has 0 bridgehead atoms. The summed E-state index contributed by atoms with van der Waals surface area (Å²) in [6.45, 7) is 9.06. The van der Waals surface area contributed by atoms with E-state index in [-0.39, 0.29) is 24.1 Å². The molecule has 1 atom stereocenters. The first-order chi connectivity index (χ1) is 18.1. The molecule has 0 radical (unpaired) electrons. The molecule has 0 aliphatic rings. The quantitative estimate of drug-likeness (QED) is 0.249. The predicted molar refractivity (Wildman–Crippen MR) is 161 cm³/mol. The molecule has 0 heterocycles. The summed E-state index contributed by atoms with van der Waals surface area (Å²) in [5.74, 6) is 1.03. The summed E-state index contributed by atoms with van der Waals surface area (Å²) >= 11 is 14.0. The van der Waals surface area contributed by atoms with Gasteiger partial charge in [-0.05, 0) is 48.6 Å². The van der Waals surface area contributed by atoms with Gasteiger partial charge < -0.3 is 10.2 Å². The van der Waals surface area contributed by atoms with Gasteiger partial charge in [-0.3, -0.25) is 9.59 Å². The molecular formula is C31H36Cl2N2O2S. The van der Waals surface area contributed by atoms with Crippen molar-refractivity contribution in [1.29, 1.82) is 0 Å². The number of halogens is 2. The Hall–Kier alpha value is -2.47. The molecule has 7 heteroatoms. The highest BCUT2D eigenvalue weighted by Crippen LogP contribution is 2.25. The number of carbonyl (C=O) groups is 2. The number of carbonyl (C=O) groups excluding carboxylic acids is 2. The SMILES string of the molecule is Cc1cc(C)cc(CSCC(=O)N(Cc2ccc(Cl)c(Cl)c2)[C@@H](Cc2ccccc2)C(=O)NCC(C)C)c1. The number of benzene rings is 3. The number of rotatable bonds is 12. The van der Waals surface area contributed by atoms with Crippen LogP contribution in [0.3, 0.4) is 0 Å². The van der Waals surface area contributed by atoms with Gasteiger partial charge in [0.2, 0.25) is 11.8 Å². The fraction of sp³-hybridized carbons (Fsp3) is 0.355. The van der Waals surface area contributed by atoms with E-state index < -0.39 is 6.04 Å². The van der Waals surface area contributed by atoms with Crippen LogP contribution >= 0.6 is 35.0 Å². The number of hydrogen-bond donors (Lipinski definition) is 1. The predicted octanol–water partition coefficient (Wildman–Crippen LogP) is 7.26. The molecule has 0 aliphatic heterocycles. The van der Waals surface area contributed by atoms with Gasteiger partial charge in [-0.15, -0.1) is 11.8 Å². The molecule has 0 aromatic heterocycles. The monoisotopic (exact) mass is 570 g/mol. The highest BCUT2D eigenvalue weighted by Gasteiger charge is 2.30. The Bertz CT molecular complexity index is 1210. The van der Waals surface area contributed by atoms with Crippen molar-refractivity contribution < 1.29 is 9.59 Å². The third kappa shape index (κ3) is 9.37. The minimum absolute atomic E-state index is 0.0916. The van der Waals surface area contributed by atoms with Crippen LogP contribution in [0.5, 0.6) is 0 Å². The van der Waals surface area contributed by atoms with E-state index >= 15 is 0 Å². The molecule has 3 rings (SSSR count). The zero-order valence-electron chi connectivity index (χ0n) is 22.5. The van der Waals surface area contributed by atoms with Crippen LogP contribution in [0.4, 0.5) is 0 Å². The third-order valence-electron chi connectivity index (χ3n) is 6.07. The van der Waals surface area contributed by atoms with Crippen molar-refractivity contribution in [2.75, 3.05) is 12.3 Å². The average Bonchev–Trinajstić information content (AvgIpc) is 2.86. The molecule has 0 aliphatic carbocycles. The van der Waals surface area contributed by atoms with Crippen LogP contribution in [0.25, 0.3) is 0 Å². The average molecular weight is 572 g/mol. The summed E-state index contributed by atoms with van der Waals surface area (Å²) in [7, 11) is 0. The minimum Gasteiger partial charge on any atom is -0.354 e. The molecule has 0 spiro atoms. The molecule has 0 fully saturated rings. The first-order valence-electron chi connectivity index (χ1n) is 12.8. The van der Waals surface area contributed by atoms with Crippen molar-refractivity contribution in [3.8, 4) is 0 Å². The molecule has 3 aromatic rings. The number of nitrogens with one attached hydrogen (secondary N) is 1. The zero-order valence-corrected chi connectivity index (χ0v) is 24.8. The lowest BCUT2D eigenvalue weighted by Gasteiger charge is -2.32. The molecule has 3 aromatic carbocycles. The van der Waals surface area contributed by atoms with Crippen molar-refractivity contribution in [3.05, 3.63) is 105 Å². The highest BCUT2D eigenvalue weighted by atomic mass is 35.5. The van der Waals surface area contributed by atoms with E-state index in [1.165, 1.54) is 16.7 Å². The van der Waals surface area contributed by atoms with Gasteiger partial charge in [0, 0.05) is 25.3 Å². The lowest BCUT2D eigenvalue weighted by atomic mass is 10.0. The maximum atomic E-state index is 13.8. The van der Waals surface area contributed by atoms with Gasteiger partial charge in [0.1, 0.15) is 6.04 Å². The molecule has 4 nitrogen and oxygen atoms in total. The summed E-state index contributed by atoms with van der Waals surface area (Å²) in [5, 5.41) is 3.92. The Balaban J connectivity index is 1.87. The molecule has 1 N–H and O–H groups in total. The number of amides is 2. The van der Waals surface area contributed by atoms with E-state index in [0.717, 1.165) is 16.9 Å². The lowest BCUT2D eigenvalue weighted by Crippen LogP contribution is -2.51. The first-order valence-corrected chi connectivity index (χ1v) is 14.7. The van der Waals surface area contributed by atoms with Gasteiger partial charge >= 0.3 is 0 Å². The summed E-state index contributed by atoms with van der Waals surface area (Å²) < 4.78 is 0. The van der Waals surface area contributed by atoms with E-state index in [9.17, 15) is 9.59 Å². The van der Waals surface area contributed by atoms with Crippen LogP contribution in [-0.2, 0) is 28.3 Å². The minimum atomic E-state index is -0.667. The first kappa shape index (κ1) is 30.1. The van der Waals surface area contributed by atoms with Crippen molar-refractivity contribution in [3.63, 3.8) is 0 Å². The molecule has 0 saturated carbocycles. The second-order valence-electron chi connectivity index (χ2n) is 10.1. The van der Waals surface area contributed by atoms with Crippen LogP contribution in [0, 0.1) is 19.8 Å². The van der Waals surface area contributed by atoms with Crippen LogP contribution in [0.1, 0.15) is 41.7 Å². The van der Waals surface area contributed by atoms with Crippen LogP contribution in [0.2, 0.25) is 10.0 Å². The Kier molecular flexibility index (Phi) is 11.6. The Labute approximate surface area is 241 Å². The van der Waals surface area contributed by atoms with Crippen LogP contribution in [-0.4, -0.2) is 35.1 Å². The van der Waals surface area contributed by atoms with E-state index in [0.29, 0.717) is 28.9 Å². The lowest BCUT2D eigenvalue weighted by molar-refractivity contribution is -0.139. The second-order valence-corrected chi connectivity index (χ2v) is 11.9. The largest absolute Gasteiger partial charge is 0.354 e. The van der Waals surface area contributed by atoms with Crippen molar-refractivity contribution in [1.82, 2.24) is 10.2 Å². The van der Waals surface area contributed by atoms with Gasteiger partial charge in [0.15, 0.2) is 0 Å². The van der Waals surface area contributed by atoms with E-state index in [1.807, 2.05) is 36.4 Å². The Morgan fingerprint density at radius 1 is 0.868 bits per heavy atom. The smallest absolute Gasteiger partial charge is 0.243 e. The fourth-order valence-corrected chi connectivity index (χ4v) is 5.47. The zero-order chi connectivity index (χ0) is 27.7. The number of nitrogens with zero attached hydrogens (tertiary/aromatic N) is 1. The number of thioether (sulfide) groups is 1. The third-order valence-corrected chi connectivity index (χ3v) is 7.80. The van der Waals surface area contributed by atoms with Crippen molar-refractivity contribution in [2.45, 2.75) is 52.5 Å². The molecule has 0 unspecified atom stereocenters. The molecular weight excluding hydrogens is 535 g/mol. The number of hydrogen-bond acceptors (Lipinski definition) is 3. The van der Waals surface area contributed by atoms with Crippen LogP contribution in [0.15, 0.2) is 66.7 Å². The summed E-state index contributed by atoms with van der Waals surface area (Å²) in [5.41, 5.74) is 5.41. The summed E-state index contributed by atoms with van der Waals surface area (Å²) in [4.78, 5) is 29.0. The van der Waals surface area contributed by atoms with Gasteiger partial charge in [0.05, 0.1) is 15.8 Å². The Morgan fingerprint density at radius 2 is 1.55 bits per heavy atom. The number of aryl methyl sites for hydroxylation is 2. The van der Waals surface area contributed by atoms with E-state index in [2.05, 4.69) is 51.2 Å². The van der Waals surface area contributed by atoms with E-state index in [1.54, 1.807) is 28.8 Å². The molecule has 2 amide bonds. The van der Waals surface area contributed by atoms with Gasteiger partial charge in [-0.1, -0.05) is 103 Å². The second kappa shape index (κ2) is 14.6. The van der Waals surface area contributed by atoms with Crippen LogP contribution < -0.4 is 5.32 Å². The normalized spacial score (nSPS) is 11.9. The van der Waals surface area contributed by atoms with E-state index in [4.69, 9.17) is 23.2 Å². The van der Waals surface area contributed by atoms with Crippen molar-refractivity contribution in [2.24, 2.45) is 5.92 Å². The molecule has 0 saturated heterocycles. The van der Waals surface area contributed by atoms with Gasteiger partial charge in [-0.25, -0.2) is 0 Å². The standard InChI is InChI=1S/C31H36Cl2N2O2S/c1-21(2)17-34-31(37)29(16-24-8-6-5-7-9-24)35(18-25-10-11-27(32)28(33)15-25)30(36)20-38-19-26-13-22(3)12-23(4)14-26/h5-15,21,29H,16-20H2,1-4H3,(H,34,37)/t29-/m0/s1. The summed E-state index contributed by atoms with van der Waals surface area (Å²) in [6.07, 6.45) is 0.416. The highest BCUT2D eigenvalue weighted by molar-refractivity contribution is 7.99. The van der Waals surface area contributed by atoms with Crippen molar-refractivity contribution >= 4 is 46.8 Å². The maximum Gasteiger partial charge on any atom is 0.243 e. The van der Waals surface area contributed by atoms with Gasteiger partial charge in [0.25, 0.3) is 0 Å². The summed E-state index contributed by atoms with van der Waals surface area (Å²) in [6, 6.07) is 20.9. The van der Waals surface area contributed by atoms with Gasteiger partial charge in [-0.2, -0.15) is 0 Å². The maximum absolute atomic E-state index is 13.8. The Morgan fingerprint density at radius 3 is 2.18 bits per heavy atom.